The fourth-order valence-corrected chi connectivity index (χ4v) is 2.96. The fraction of sp³-hybridized carbons (Fsp3) is 0.0952. The molecule has 1 N–H and O–H groups in total. The van der Waals surface area contributed by atoms with Crippen LogP contribution in [0.25, 0.3) is 11.4 Å². The zero-order chi connectivity index (χ0) is 18.6. The molecule has 0 saturated heterocycles. The Bertz CT molecular complexity index is 1020. The normalized spacial score (nSPS) is 11.9. The van der Waals surface area contributed by atoms with E-state index in [1.54, 1.807) is 29.6 Å². The third-order valence-corrected chi connectivity index (χ3v) is 4.45. The van der Waals surface area contributed by atoms with Crippen LogP contribution in [0.5, 0.6) is 0 Å². The van der Waals surface area contributed by atoms with Crippen molar-refractivity contribution in [3.63, 3.8) is 0 Å². The number of hydrogen-bond acceptors (Lipinski definition) is 3. The molecule has 27 heavy (non-hydrogen) atoms. The van der Waals surface area contributed by atoms with Gasteiger partial charge < -0.3 is 9.88 Å². The monoisotopic (exact) mass is 357 g/mol. The van der Waals surface area contributed by atoms with Gasteiger partial charge in [0.2, 0.25) is 0 Å². The van der Waals surface area contributed by atoms with E-state index in [2.05, 4.69) is 15.3 Å². The van der Waals surface area contributed by atoms with Gasteiger partial charge in [0.25, 0.3) is 5.91 Å². The van der Waals surface area contributed by atoms with Crippen LogP contribution in [0.4, 0.5) is 0 Å². The first-order valence-corrected chi connectivity index (χ1v) is 8.69. The van der Waals surface area contributed by atoms with E-state index < -0.39 is 0 Å². The second-order valence-corrected chi connectivity index (χ2v) is 6.24. The summed E-state index contributed by atoms with van der Waals surface area (Å²) in [6.45, 7) is 1.97. The van der Waals surface area contributed by atoms with Crippen molar-refractivity contribution in [2.45, 2.75) is 13.0 Å². The summed E-state index contributed by atoms with van der Waals surface area (Å²) in [6.07, 6.45) is 8.62. The average molecular weight is 357 g/mol. The van der Waals surface area contributed by atoms with Gasteiger partial charge in [0.15, 0.2) is 0 Å². The van der Waals surface area contributed by atoms with Crippen molar-refractivity contribution in [3.8, 4) is 11.4 Å². The Morgan fingerprint density at radius 2 is 1.74 bits per heavy atom. The zero-order valence-corrected chi connectivity index (χ0v) is 14.9. The molecule has 1 atom stereocenters. The number of carbonyl (C=O) groups excluding carboxylic acids is 1. The number of amides is 1. The summed E-state index contributed by atoms with van der Waals surface area (Å²) in [4.78, 5) is 20.9. The highest BCUT2D eigenvalue weighted by atomic mass is 16.2. The lowest BCUT2D eigenvalue weighted by atomic mass is 10.1. The molecular weight excluding hydrogens is 338 g/mol. The summed E-state index contributed by atoms with van der Waals surface area (Å²) in [7, 11) is 0. The Morgan fingerprint density at radius 3 is 2.44 bits per heavy atom. The summed E-state index contributed by atoms with van der Waals surface area (Å²) >= 11 is 0. The maximum absolute atomic E-state index is 12.8. The smallest absolute Gasteiger partial charge is 0.270 e. The number of aromatic nitrogens is 4. The van der Waals surface area contributed by atoms with Gasteiger partial charge in [-0.25, -0.2) is 9.97 Å². The number of benzene rings is 2. The van der Waals surface area contributed by atoms with Crippen molar-refractivity contribution >= 4 is 5.91 Å². The molecule has 0 bridgehead atoms. The van der Waals surface area contributed by atoms with E-state index in [0.717, 1.165) is 16.9 Å². The lowest BCUT2D eigenvalue weighted by Crippen LogP contribution is -2.28. The van der Waals surface area contributed by atoms with E-state index in [9.17, 15) is 4.79 Å². The Morgan fingerprint density at radius 1 is 0.963 bits per heavy atom. The predicted molar refractivity (Wildman–Crippen MR) is 103 cm³/mol. The highest BCUT2D eigenvalue weighted by Gasteiger charge is 2.16. The number of imidazole rings is 2. The molecule has 0 radical (unpaired) electrons. The summed E-state index contributed by atoms with van der Waals surface area (Å²) in [6, 6.07) is 17.6. The van der Waals surface area contributed by atoms with E-state index in [4.69, 9.17) is 0 Å². The maximum atomic E-state index is 12.8. The summed E-state index contributed by atoms with van der Waals surface area (Å²) in [5.41, 5.74) is 3.45. The van der Waals surface area contributed by atoms with Gasteiger partial charge in [0.05, 0.1) is 24.9 Å². The van der Waals surface area contributed by atoms with Gasteiger partial charge in [-0.15, -0.1) is 0 Å². The molecule has 0 saturated carbocycles. The second-order valence-electron chi connectivity index (χ2n) is 6.24. The lowest BCUT2D eigenvalue weighted by molar-refractivity contribution is 0.0933. The van der Waals surface area contributed by atoms with Gasteiger partial charge in [0, 0.05) is 23.8 Å². The van der Waals surface area contributed by atoms with Crippen LogP contribution in [0, 0.1) is 0 Å². The molecule has 2 heterocycles. The van der Waals surface area contributed by atoms with Crippen LogP contribution in [0.3, 0.4) is 0 Å². The Hall–Kier alpha value is -3.67. The lowest BCUT2D eigenvalue weighted by Gasteiger charge is -2.16. The number of nitrogens with one attached hydrogen (secondary N) is 1. The zero-order valence-electron chi connectivity index (χ0n) is 14.9. The summed E-state index contributed by atoms with van der Waals surface area (Å²) < 4.78 is 3.72. The SMILES string of the molecule is CC(NC(=O)c1cncn1-c1ccccc1)c1ccc(-n2ccnc2)cc1. The molecule has 0 aliphatic heterocycles. The molecule has 1 amide bonds. The van der Waals surface area contributed by atoms with Crippen molar-refractivity contribution in [1.29, 1.82) is 0 Å². The number of nitrogens with zero attached hydrogens (tertiary/aromatic N) is 4. The fourth-order valence-electron chi connectivity index (χ4n) is 2.96. The molecule has 6 heteroatoms. The molecule has 0 spiro atoms. The largest absolute Gasteiger partial charge is 0.344 e. The first kappa shape index (κ1) is 16.8. The third kappa shape index (κ3) is 3.50. The molecule has 0 fully saturated rings. The summed E-state index contributed by atoms with van der Waals surface area (Å²) in [5, 5.41) is 3.04. The molecule has 4 aromatic rings. The highest BCUT2D eigenvalue weighted by molar-refractivity contribution is 5.93. The van der Waals surface area contributed by atoms with Crippen molar-refractivity contribution < 1.29 is 4.79 Å². The third-order valence-electron chi connectivity index (χ3n) is 4.45. The quantitative estimate of drug-likeness (QED) is 0.594. The standard InChI is InChI=1S/C21H19N5O/c1-16(17-7-9-18(10-8-17)25-12-11-22-14-25)24-21(27)20-13-23-15-26(20)19-5-3-2-4-6-19/h2-16H,1H3,(H,24,27). The van der Waals surface area contributed by atoms with Crippen LogP contribution >= 0.6 is 0 Å². The van der Waals surface area contributed by atoms with Crippen molar-refractivity contribution in [2.75, 3.05) is 0 Å². The van der Waals surface area contributed by atoms with Gasteiger partial charge >= 0.3 is 0 Å². The Kier molecular flexibility index (Phi) is 4.53. The van der Waals surface area contributed by atoms with E-state index in [1.165, 1.54) is 0 Å². The van der Waals surface area contributed by atoms with Crippen molar-refractivity contribution in [3.05, 3.63) is 97.1 Å². The first-order valence-electron chi connectivity index (χ1n) is 8.69. The van der Waals surface area contributed by atoms with Gasteiger partial charge in [-0.2, -0.15) is 0 Å². The molecule has 0 aliphatic rings. The molecule has 0 aliphatic carbocycles. The maximum Gasteiger partial charge on any atom is 0.270 e. The van der Waals surface area contributed by atoms with E-state index in [0.29, 0.717) is 5.69 Å². The molecule has 6 nitrogen and oxygen atoms in total. The highest BCUT2D eigenvalue weighted by Crippen LogP contribution is 2.17. The van der Waals surface area contributed by atoms with Gasteiger partial charge in [-0.1, -0.05) is 30.3 Å². The summed E-state index contributed by atoms with van der Waals surface area (Å²) in [5.74, 6) is -0.164. The van der Waals surface area contributed by atoms with Crippen molar-refractivity contribution in [1.82, 2.24) is 24.4 Å². The van der Waals surface area contributed by atoms with Crippen LogP contribution < -0.4 is 5.32 Å². The van der Waals surface area contributed by atoms with Gasteiger partial charge in [-0.05, 0) is 36.8 Å². The van der Waals surface area contributed by atoms with E-state index in [-0.39, 0.29) is 11.9 Å². The number of rotatable bonds is 5. The average Bonchev–Trinajstić information content (AvgIpc) is 3.41. The molecule has 2 aromatic carbocycles. The van der Waals surface area contributed by atoms with E-state index in [1.807, 2.05) is 72.3 Å². The van der Waals surface area contributed by atoms with Crippen molar-refractivity contribution in [2.24, 2.45) is 0 Å². The second kappa shape index (κ2) is 7.29. The molecule has 4 rings (SSSR count). The first-order chi connectivity index (χ1) is 13.2. The number of carbonyl (C=O) groups is 1. The Balaban J connectivity index is 1.50. The van der Waals surface area contributed by atoms with Crippen LogP contribution in [0.1, 0.15) is 29.0 Å². The predicted octanol–water partition coefficient (Wildman–Crippen LogP) is 3.55. The minimum Gasteiger partial charge on any atom is -0.344 e. The molecule has 2 aromatic heterocycles. The van der Waals surface area contributed by atoms with Gasteiger partial charge in [-0.3, -0.25) is 9.36 Å². The molecular formula is C21H19N5O. The van der Waals surface area contributed by atoms with Gasteiger partial charge in [0.1, 0.15) is 5.69 Å². The topological polar surface area (TPSA) is 64.7 Å². The van der Waals surface area contributed by atoms with Crippen LogP contribution in [-0.4, -0.2) is 25.0 Å². The minimum atomic E-state index is -0.164. The van der Waals surface area contributed by atoms with Crippen LogP contribution in [0.15, 0.2) is 85.8 Å². The van der Waals surface area contributed by atoms with E-state index >= 15 is 0 Å². The van der Waals surface area contributed by atoms with Crippen LogP contribution in [-0.2, 0) is 0 Å². The number of hydrogen-bond donors (Lipinski definition) is 1. The van der Waals surface area contributed by atoms with Crippen LogP contribution in [0.2, 0.25) is 0 Å². The number of para-hydroxylation sites is 1. The Labute approximate surface area is 157 Å². The molecule has 1 unspecified atom stereocenters. The molecule has 134 valence electrons. The minimum absolute atomic E-state index is 0.131.